The number of aromatic nitrogens is 2. The van der Waals surface area contributed by atoms with E-state index >= 15 is 0 Å². The molecule has 1 amide bonds. The molecule has 4 rings (SSSR count). The Morgan fingerprint density at radius 3 is 2.83 bits per heavy atom. The Balaban J connectivity index is 1.57. The lowest BCUT2D eigenvalue weighted by molar-refractivity contribution is -0.134. The molecule has 0 N–H and O–H groups in total. The van der Waals surface area contributed by atoms with Crippen LogP contribution in [0.3, 0.4) is 0 Å². The Bertz CT molecular complexity index is 970. The van der Waals surface area contributed by atoms with Crippen molar-refractivity contribution >= 4 is 5.91 Å². The number of hydrogen-bond acceptors (Lipinski definition) is 5. The van der Waals surface area contributed by atoms with Crippen molar-refractivity contribution in [2.75, 3.05) is 13.7 Å². The van der Waals surface area contributed by atoms with Gasteiger partial charge < -0.3 is 14.2 Å². The van der Waals surface area contributed by atoms with Crippen molar-refractivity contribution in [3.05, 3.63) is 66.1 Å². The molecule has 150 valence electrons. The summed E-state index contributed by atoms with van der Waals surface area (Å²) in [5.74, 6) is 1.71. The van der Waals surface area contributed by atoms with Gasteiger partial charge in [0.1, 0.15) is 11.8 Å². The van der Waals surface area contributed by atoms with E-state index < -0.39 is 0 Å². The highest BCUT2D eigenvalue weighted by molar-refractivity contribution is 5.84. The smallest absolute Gasteiger partial charge is 0.249 e. The maximum atomic E-state index is 13.3. The Hall–Kier alpha value is -3.15. The van der Waals surface area contributed by atoms with E-state index in [1.54, 1.807) is 7.11 Å². The van der Waals surface area contributed by atoms with Gasteiger partial charge in [0.2, 0.25) is 17.6 Å². The van der Waals surface area contributed by atoms with E-state index in [1.165, 1.54) is 0 Å². The van der Waals surface area contributed by atoms with Gasteiger partial charge in [-0.25, -0.2) is 0 Å². The van der Waals surface area contributed by atoms with Crippen molar-refractivity contribution in [1.82, 2.24) is 15.0 Å². The second-order valence-corrected chi connectivity index (χ2v) is 7.25. The molecule has 1 aromatic heterocycles. The van der Waals surface area contributed by atoms with Crippen molar-refractivity contribution < 1.29 is 14.1 Å². The summed E-state index contributed by atoms with van der Waals surface area (Å²) in [6.45, 7) is 2.76. The SMILES string of the molecule is CC[C@H](C(=O)N1CCC[C@H]1c1nc(-c2cccc(OC)c2)no1)c1ccccc1. The first-order valence-corrected chi connectivity index (χ1v) is 10.0. The maximum absolute atomic E-state index is 13.3. The van der Waals surface area contributed by atoms with Crippen LogP contribution in [0.2, 0.25) is 0 Å². The van der Waals surface area contributed by atoms with E-state index in [0.29, 0.717) is 18.3 Å². The zero-order chi connectivity index (χ0) is 20.2. The lowest BCUT2D eigenvalue weighted by Crippen LogP contribution is -2.34. The molecule has 1 aliphatic rings. The Morgan fingerprint density at radius 2 is 2.07 bits per heavy atom. The molecule has 1 saturated heterocycles. The van der Waals surface area contributed by atoms with Crippen LogP contribution >= 0.6 is 0 Å². The van der Waals surface area contributed by atoms with Gasteiger partial charge in [0.15, 0.2) is 0 Å². The Labute approximate surface area is 170 Å². The molecule has 0 spiro atoms. The predicted octanol–water partition coefficient (Wildman–Crippen LogP) is 4.60. The second kappa shape index (κ2) is 8.47. The summed E-state index contributed by atoms with van der Waals surface area (Å²) < 4.78 is 10.9. The van der Waals surface area contributed by atoms with Crippen LogP contribution in [0.5, 0.6) is 5.75 Å². The zero-order valence-corrected chi connectivity index (χ0v) is 16.7. The van der Waals surface area contributed by atoms with Crippen molar-refractivity contribution in [3.8, 4) is 17.1 Å². The van der Waals surface area contributed by atoms with Crippen molar-refractivity contribution in [2.24, 2.45) is 0 Å². The highest BCUT2D eigenvalue weighted by Crippen LogP contribution is 2.35. The molecular weight excluding hydrogens is 366 g/mol. The van der Waals surface area contributed by atoms with Gasteiger partial charge in [0.25, 0.3) is 0 Å². The van der Waals surface area contributed by atoms with E-state index in [-0.39, 0.29) is 17.9 Å². The second-order valence-electron chi connectivity index (χ2n) is 7.25. The standard InChI is InChI=1S/C23H25N3O3/c1-3-19(16-9-5-4-6-10-16)23(27)26-14-8-13-20(26)22-24-21(25-29-22)17-11-7-12-18(15-17)28-2/h4-7,9-12,15,19-20H,3,8,13-14H2,1-2H3/t19-,20-/m0/s1. The summed E-state index contributed by atoms with van der Waals surface area (Å²) in [6.07, 6.45) is 2.51. The average molecular weight is 391 g/mol. The molecule has 2 heterocycles. The van der Waals surface area contributed by atoms with Crippen molar-refractivity contribution in [3.63, 3.8) is 0 Å². The van der Waals surface area contributed by atoms with Gasteiger partial charge >= 0.3 is 0 Å². The molecular formula is C23H25N3O3. The molecule has 0 unspecified atom stereocenters. The molecule has 29 heavy (non-hydrogen) atoms. The van der Waals surface area contributed by atoms with E-state index in [2.05, 4.69) is 10.1 Å². The van der Waals surface area contributed by atoms with Crippen LogP contribution < -0.4 is 4.74 Å². The molecule has 3 aromatic rings. The van der Waals surface area contributed by atoms with Gasteiger partial charge in [-0.15, -0.1) is 0 Å². The van der Waals surface area contributed by atoms with Gasteiger partial charge in [-0.05, 0) is 37.0 Å². The van der Waals surface area contributed by atoms with Crippen LogP contribution in [0.1, 0.15) is 49.6 Å². The lowest BCUT2D eigenvalue weighted by Gasteiger charge is -2.26. The minimum Gasteiger partial charge on any atom is -0.497 e. The number of nitrogens with zero attached hydrogens (tertiary/aromatic N) is 3. The number of carbonyl (C=O) groups is 1. The molecule has 2 aromatic carbocycles. The fourth-order valence-corrected chi connectivity index (χ4v) is 3.98. The number of amides is 1. The maximum Gasteiger partial charge on any atom is 0.249 e. The molecule has 0 aliphatic carbocycles. The minimum atomic E-state index is -0.174. The number of rotatable bonds is 6. The van der Waals surface area contributed by atoms with Gasteiger partial charge in [-0.1, -0.05) is 54.5 Å². The van der Waals surface area contributed by atoms with E-state index in [1.807, 2.05) is 66.4 Å². The van der Waals surface area contributed by atoms with Crippen LogP contribution in [0.15, 0.2) is 59.1 Å². The van der Waals surface area contributed by atoms with E-state index in [4.69, 9.17) is 9.26 Å². The average Bonchev–Trinajstić information content (AvgIpc) is 3.44. The molecule has 6 heteroatoms. The summed E-state index contributed by atoms with van der Waals surface area (Å²) >= 11 is 0. The van der Waals surface area contributed by atoms with Gasteiger partial charge in [-0.3, -0.25) is 4.79 Å². The third kappa shape index (κ3) is 3.88. The van der Waals surface area contributed by atoms with E-state index in [9.17, 15) is 4.79 Å². The lowest BCUT2D eigenvalue weighted by atomic mass is 9.94. The highest BCUT2D eigenvalue weighted by atomic mass is 16.5. The molecule has 0 saturated carbocycles. The van der Waals surface area contributed by atoms with Crippen LogP contribution in [0.4, 0.5) is 0 Å². The monoisotopic (exact) mass is 391 g/mol. The summed E-state index contributed by atoms with van der Waals surface area (Å²) in [5, 5.41) is 4.14. The summed E-state index contributed by atoms with van der Waals surface area (Å²) in [4.78, 5) is 19.8. The van der Waals surface area contributed by atoms with Gasteiger partial charge in [0.05, 0.1) is 13.0 Å². The van der Waals surface area contributed by atoms with Gasteiger partial charge in [-0.2, -0.15) is 4.98 Å². The first-order chi connectivity index (χ1) is 14.2. The van der Waals surface area contributed by atoms with Gasteiger partial charge in [0, 0.05) is 12.1 Å². The van der Waals surface area contributed by atoms with Crippen molar-refractivity contribution in [2.45, 2.75) is 38.1 Å². The Morgan fingerprint density at radius 1 is 1.24 bits per heavy atom. The summed E-state index contributed by atoms with van der Waals surface area (Å²) in [7, 11) is 1.62. The first kappa shape index (κ1) is 19.2. The normalized spacial score (nSPS) is 17.3. The fraction of sp³-hybridized carbons (Fsp3) is 0.348. The largest absolute Gasteiger partial charge is 0.497 e. The number of hydrogen-bond donors (Lipinski definition) is 0. The molecule has 0 radical (unpaired) electrons. The summed E-state index contributed by atoms with van der Waals surface area (Å²) in [5.41, 5.74) is 1.87. The third-order valence-corrected chi connectivity index (χ3v) is 5.50. The Kier molecular flexibility index (Phi) is 5.60. The number of likely N-dealkylation sites (tertiary alicyclic amines) is 1. The van der Waals surface area contributed by atoms with Crippen LogP contribution in [0, 0.1) is 0 Å². The highest BCUT2D eigenvalue weighted by Gasteiger charge is 2.37. The molecule has 1 aliphatic heterocycles. The number of benzene rings is 2. The minimum absolute atomic E-state index is 0.127. The molecule has 1 fully saturated rings. The third-order valence-electron chi connectivity index (χ3n) is 5.50. The zero-order valence-electron chi connectivity index (χ0n) is 16.7. The van der Waals surface area contributed by atoms with E-state index in [0.717, 1.165) is 36.1 Å². The van der Waals surface area contributed by atoms with Crippen molar-refractivity contribution in [1.29, 1.82) is 0 Å². The first-order valence-electron chi connectivity index (χ1n) is 10.0. The fourth-order valence-electron chi connectivity index (χ4n) is 3.98. The predicted molar refractivity (Wildman–Crippen MR) is 109 cm³/mol. The molecule has 2 atom stereocenters. The van der Waals surface area contributed by atoms with Crippen LogP contribution in [-0.4, -0.2) is 34.6 Å². The number of ether oxygens (including phenoxy) is 1. The summed E-state index contributed by atoms with van der Waals surface area (Å²) in [6, 6.07) is 17.3. The number of carbonyl (C=O) groups excluding carboxylic acids is 1. The quantitative estimate of drug-likeness (QED) is 0.614. The topological polar surface area (TPSA) is 68.5 Å². The van der Waals surface area contributed by atoms with Crippen LogP contribution in [0.25, 0.3) is 11.4 Å². The number of methoxy groups -OCH3 is 1. The molecule has 6 nitrogen and oxygen atoms in total. The molecule has 0 bridgehead atoms. The van der Waals surface area contributed by atoms with Crippen LogP contribution in [-0.2, 0) is 4.79 Å².